The Morgan fingerprint density at radius 1 is 1.10 bits per heavy atom. The second kappa shape index (κ2) is 6.79. The highest BCUT2D eigenvalue weighted by atomic mass is 35.5. The summed E-state index contributed by atoms with van der Waals surface area (Å²) in [6.45, 7) is 5.20. The zero-order chi connectivity index (χ0) is 15.4. The zero-order valence-electron chi connectivity index (χ0n) is 11.5. The number of hydrogen-bond donors (Lipinski definition) is 0. The largest absolute Gasteiger partial charge is 0.449 e. The van der Waals surface area contributed by atoms with Crippen LogP contribution in [0.1, 0.15) is 24.2 Å². The number of benzene rings is 2. The Labute approximate surface area is 134 Å². The number of esters is 1. The van der Waals surface area contributed by atoms with Crippen molar-refractivity contribution in [2.45, 2.75) is 13.0 Å². The first-order valence-electron chi connectivity index (χ1n) is 6.36. The molecule has 1 unspecified atom stereocenters. The van der Waals surface area contributed by atoms with E-state index in [1.54, 1.807) is 25.1 Å². The van der Waals surface area contributed by atoms with Crippen LogP contribution in [0.3, 0.4) is 0 Å². The van der Waals surface area contributed by atoms with E-state index in [0.29, 0.717) is 21.2 Å². The van der Waals surface area contributed by atoms with Gasteiger partial charge in [0.05, 0.1) is 10.0 Å². The summed E-state index contributed by atoms with van der Waals surface area (Å²) in [5.74, 6) is -0.472. The predicted molar refractivity (Wildman–Crippen MR) is 85.7 cm³/mol. The van der Waals surface area contributed by atoms with Crippen molar-refractivity contribution in [2.75, 3.05) is 0 Å². The maximum atomic E-state index is 11.9. The molecule has 108 valence electrons. The van der Waals surface area contributed by atoms with Gasteiger partial charge < -0.3 is 4.74 Å². The Hall–Kier alpha value is -1.77. The molecule has 0 fully saturated rings. The Morgan fingerprint density at radius 2 is 1.76 bits per heavy atom. The van der Waals surface area contributed by atoms with Crippen LogP contribution >= 0.6 is 23.2 Å². The normalized spacial score (nSPS) is 11.8. The van der Waals surface area contributed by atoms with Gasteiger partial charge in [0.25, 0.3) is 0 Å². The summed E-state index contributed by atoms with van der Waals surface area (Å²) in [7, 11) is 0. The van der Waals surface area contributed by atoms with Crippen LogP contribution in [0.4, 0.5) is 0 Å². The van der Waals surface area contributed by atoms with Gasteiger partial charge in [0.2, 0.25) is 0 Å². The minimum absolute atomic E-state index is 0.328. The van der Waals surface area contributed by atoms with Crippen LogP contribution in [-0.2, 0) is 9.53 Å². The van der Waals surface area contributed by atoms with Crippen LogP contribution in [-0.4, -0.2) is 5.97 Å². The van der Waals surface area contributed by atoms with Gasteiger partial charge in [-0.2, -0.15) is 0 Å². The van der Waals surface area contributed by atoms with Crippen molar-refractivity contribution >= 4 is 29.2 Å². The van der Waals surface area contributed by atoms with Crippen molar-refractivity contribution < 1.29 is 9.53 Å². The molecule has 0 heterocycles. The molecule has 2 aromatic carbocycles. The van der Waals surface area contributed by atoms with Gasteiger partial charge in [-0.1, -0.05) is 72.2 Å². The molecule has 2 aromatic rings. The van der Waals surface area contributed by atoms with Gasteiger partial charge >= 0.3 is 5.97 Å². The number of carbonyl (C=O) groups excluding carboxylic acids is 1. The van der Waals surface area contributed by atoms with E-state index in [1.165, 1.54) is 0 Å². The molecule has 0 spiro atoms. The molecule has 0 aliphatic rings. The third kappa shape index (κ3) is 3.66. The van der Waals surface area contributed by atoms with Crippen LogP contribution in [0, 0.1) is 0 Å². The highest BCUT2D eigenvalue weighted by Crippen LogP contribution is 2.35. The summed E-state index contributed by atoms with van der Waals surface area (Å²) >= 11 is 12.3. The van der Waals surface area contributed by atoms with E-state index in [2.05, 4.69) is 6.58 Å². The minimum Gasteiger partial charge on any atom is -0.449 e. The average Bonchev–Trinajstić information content (AvgIpc) is 2.48. The molecule has 0 bridgehead atoms. The predicted octanol–water partition coefficient (Wildman–Crippen LogP) is 5.20. The first-order valence-corrected chi connectivity index (χ1v) is 7.11. The quantitative estimate of drug-likeness (QED) is 0.571. The van der Waals surface area contributed by atoms with E-state index in [-0.39, 0.29) is 0 Å². The van der Waals surface area contributed by atoms with Crippen molar-refractivity contribution in [1.82, 2.24) is 0 Å². The lowest BCUT2D eigenvalue weighted by atomic mass is 10.0. The lowest BCUT2D eigenvalue weighted by Crippen LogP contribution is -2.13. The maximum Gasteiger partial charge on any atom is 0.334 e. The SMILES string of the molecule is C=C(C)C(=O)OC(c1ccccc1)c1cccc(Cl)c1Cl. The molecule has 0 aliphatic carbocycles. The van der Waals surface area contributed by atoms with Gasteiger partial charge in [-0.3, -0.25) is 0 Å². The molecule has 21 heavy (non-hydrogen) atoms. The van der Waals surface area contributed by atoms with Crippen LogP contribution in [0.5, 0.6) is 0 Å². The van der Waals surface area contributed by atoms with Gasteiger partial charge in [0, 0.05) is 11.1 Å². The number of carbonyl (C=O) groups is 1. The molecule has 0 radical (unpaired) electrons. The molecule has 1 atom stereocenters. The standard InChI is InChI=1S/C17H14Cl2O2/c1-11(2)17(20)21-16(12-7-4-3-5-8-12)13-9-6-10-14(18)15(13)19/h3-10,16H,1H2,2H3. The van der Waals surface area contributed by atoms with E-state index in [4.69, 9.17) is 27.9 Å². The van der Waals surface area contributed by atoms with E-state index < -0.39 is 12.1 Å². The topological polar surface area (TPSA) is 26.3 Å². The Bertz CT molecular complexity index is 666. The van der Waals surface area contributed by atoms with Crippen LogP contribution in [0.2, 0.25) is 10.0 Å². The molecule has 0 saturated carbocycles. The summed E-state index contributed by atoms with van der Waals surface area (Å²) in [6.07, 6.45) is -0.624. The molecular formula is C17H14Cl2O2. The third-order valence-electron chi connectivity index (χ3n) is 2.94. The molecule has 2 nitrogen and oxygen atoms in total. The molecule has 4 heteroatoms. The van der Waals surface area contributed by atoms with Gasteiger partial charge in [-0.15, -0.1) is 0 Å². The summed E-state index contributed by atoms with van der Waals surface area (Å²) < 4.78 is 5.54. The van der Waals surface area contributed by atoms with Crippen molar-refractivity contribution in [1.29, 1.82) is 0 Å². The highest BCUT2D eigenvalue weighted by Gasteiger charge is 2.22. The summed E-state index contributed by atoms with van der Waals surface area (Å²) in [6, 6.07) is 14.6. The maximum absolute atomic E-state index is 11.9. The van der Waals surface area contributed by atoms with Gasteiger partial charge in [0.15, 0.2) is 6.10 Å². The summed E-state index contributed by atoms with van der Waals surface area (Å²) in [5, 5.41) is 0.795. The van der Waals surface area contributed by atoms with Crippen LogP contribution in [0.25, 0.3) is 0 Å². The zero-order valence-corrected chi connectivity index (χ0v) is 13.0. The Morgan fingerprint density at radius 3 is 2.38 bits per heavy atom. The van der Waals surface area contributed by atoms with Crippen molar-refractivity contribution in [3.05, 3.63) is 81.9 Å². The van der Waals surface area contributed by atoms with Crippen LogP contribution in [0.15, 0.2) is 60.7 Å². The summed E-state index contributed by atoms with van der Waals surface area (Å²) in [5.41, 5.74) is 1.79. The second-order valence-electron chi connectivity index (χ2n) is 4.62. The van der Waals surface area contributed by atoms with Gasteiger partial charge in [-0.05, 0) is 18.6 Å². The molecule has 2 rings (SSSR count). The van der Waals surface area contributed by atoms with Crippen molar-refractivity contribution in [3.63, 3.8) is 0 Å². The van der Waals surface area contributed by atoms with Gasteiger partial charge in [0.1, 0.15) is 0 Å². The molecule has 0 N–H and O–H groups in total. The highest BCUT2D eigenvalue weighted by molar-refractivity contribution is 6.42. The van der Waals surface area contributed by atoms with Gasteiger partial charge in [-0.25, -0.2) is 4.79 Å². The van der Waals surface area contributed by atoms with E-state index in [1.807, 2.05) is 30.3 Å². The first-order chi connectivity index (χ1) is 10.0. The molecular weight excluding hydrogens is 307 g/mol. The minimum atomic E-state index is -0.624. The number of halogens is 2. The van der Waals surface area contributed by atoms with Crippen molar-refractivity contribution in [3.8, 4) is 0 Å². The molecule has 0 saturated heterocycles. The number of hydrogen-bond acceptors (Lipinski definition) is 2. The fourth-order valence-electron chi connectivity index (χ4n) is 1.87. The first kappa shape index (κ1) is 15.6. The molecule has 0 aromatic heterocycles. The number of rotatable bonds is 4. The van der Waals surface area contributed by atoms with Crippen LogP contribution < -0.4 is 0 Å². The molecule has 0 amide bonds. The van der Waals surface area contributed by atoms with E-state index in [9.17, 15) is 4.79 Å². The lowest BCUT2D eigenvalue weighted by molar-refractivity contribution is -0.142. The Balaban J connectivity index is 2.48. The van der Waals surface area contributed by atoms with E-state index in [0.717, 1.165) is 5.56 Å². The number of ether oxygens (including phenoxy) is 1. The monoisotopic (exact) mass is 320 g/mol. The Kier molecular flexibility index (Phi) is 5.05. The lowest BCUT2D eigenvalue weighted by Gasteiger charge is -2.20. The van der Waals surface area contributed by atoms with Crippen molar-refractivity contribution in [2.24, 2.45) is 0 Å². The third-order valence-corrected chi connectivity index (χ3v) is 3.77. The second-order valence-corrected chi connectivity index (χ2v) is 5.40. The molecule has 0 aliphatic heterocycles. The fraction of sp³-hybridized carbons (Fsp3) is 0.118. The smallest absolute Gasteiger partial charge is 0.334 e. The van der Waals surface area contributed by atoms with E-state index >= 15 is 0 Å². The fourth-order valence-corrected chi connectivity index (χ4v) is 2.28. The average molecular weight is 321 g/mol. The summed E-state index contributed by atoms with van der Waals surface area (Å²) in [4.78, 5) is 11.9.